The maximum absolute atomic E-state index is 8.54. The largest absolute Gasteiger partial charge is 0.367 e. The van der Waals surface area contributed by atoms with E-state index in [1.54, 1.807) is 6.07 Å². The van der Waals surface area contributed by atoms with Gasteiger partial charge in [0.1, 0.15) is 18.2 Å². The second-order valence-corrected chi connectivity index (χ2v) is 1.56. The van der Waals surface area contributed by atoms with Crippen molar-refractivity contribution < 1.29 is 10.0 Å². The van der Waals surface area contributed by atoms with Gasteiger partial charge in [-0.25, -0.2) is 0 Å². The highest BCUT2D eigenvalue weighted by Gasteiger charge is 2.19. The van der Waals surface area contributed by atoms with Crippen LogP contribution in [0.1, 0.15) is 0 Å². The smallest absolute Gasteiger partial charge is 0.228 e. The van der Waals surface area contributed by atoms with Crippen molar-refractivity contribution in [3.63, 3.8) is 0 Å². The van der Waals surface area contributed by atoms with Crippen LogP contribution in [0, 0.1) is 11.3 Å². The van der Waals surface area contributed by atoms with Crippen molar-refractivity contribution in [2.45, 2.75) is 0 Å². The van der Waals surface area contributed by atoms with E-state index in [0.717, 1.165) is 0 Å². The summed E-state index contributed by atoms with van der Waals surface area (Å²) in [4.78, 5) is 4.39. The Kier molecular flexibility index (Phi) is 1.26. The molecule has 48 valence electrons. The molecule has 1 aliphatic rings. The molecule has 0 aliphatic carbocycles. The quantitative estimate of drug-likeness (QED) is 0.450. The third kappa shape index (κ3) is 0.937. The highest BCUT2D eigenvalue weighted by Crippen LogP contribution is 2.10. The van der Waals surface area contributed by atoms with Gasteiger partial charge in [0.15, 0.2) is 0 Å². The Morgan fingerprint density at radius 1 is 1.89 bits per heavy atom. The number of rotatable bonds is 0. The topological polar surface area (TPSA) is 82.5 Å². The second kappa shape index (κ2) is 1.93. The normalized spacial score (nSPS) is 19.6. The summed E-state index contributed by atoms with van der Waals surface area (Å²) >= 11 is 0. The minimum atomic E-state index is -0.0278. The SMILES string of the molecule is N#CC1=C(N)ON(O)C1. The summed E-state index contributed by atoms with van der Waals surface area (Å²) in [5.74, 6) is -0.0278. The summed E-state index contributed by atoms with van der Waals surface area (Å²) in [6.07, 6.45) is 0. The van der Waals surface area contributed by atoms with Crippen molar-refractivity contribution >= 4 is 0 Å². The molecule has 1 aliphatic heterocycles. The molecule has 0 aromatic rings. The number of hydrogen-bond acceptors (Lipinski definition) is 5. The van der Waals surface area contributed by atoms with Crippen LogP contribution in [0.2, 0.25) is 0 Å². The highest BCUT2D eigenvalue weighted by atomic mass is 16.9. The lowest BCUT2D eigenvalue weighted by atomic mass is 10.3. The van der Waals surface area contributed by atoms with Gasteiger partial charge in [-0.3, -0.25) is 5.21 Å². The maximum Gasteiger partial charge on any atom is 0.228 e. The van der Waals surface area contributed by atoms with E-state index in [4.69, 9.17) is 16.2 Å². The number of nitriles is 1. The molecule has 0 aromatic heterocycles. The fourth-order valence-corrected chi connectivity index (χ4v) is 0.505. The molecule has 1 rings (SSSR count). The summed E-state index contributed by atoms with van der Waals surface area (Å²) < 4.78 is 0. The molecule has 0 fully saturated rings. The molecule has 0 spiro atoms. The van der Waals surface area contributed by atoms with E-state index >= 15 is 0 Å². The zero-order valence-electron chi connectivity index (χ0n) is 4.53. The van der Waals surface area contributed by atoms with Crippen molar-refractivity contribution in [2.75, 3.05) is 6.54 Å². The predicted molar refractivity (Wildman–Crippen MR) is 26.4 cm³/mol. The minimum Gasteiger partial charge on any atom is -0.367 e. The predicted octanol–water partition coefficient (Wildman–Crippen LogP) is -0.683. The van der Waals surface area contributed by atoms with Crippen LogP contribution in [0.15, 0.2) is 11.5 Å². The highest BCUT2D eigenvalue weighted by molar-refractivity contribution is 5.25. The lowest BCUT2D eigenvalue weighted by Gasteiger charge is -2.02. The van der Waals surface area contributed by atoms with E-state index in [-0.39, 0.29) is 18.0 Å². The Hall–Kier alpha value is -1.25. The summed E-state index contributed by atoms with van der Waals surface area (Å²) in [7, 11) is 0. The van der Waals surface area contributed by atoms with E-state index < -0.39 is 0 Å². The first-order valence-corrected chi connectivity index (χ1v) is 2.27. The number of hydroxylamine groups is 2. The van der Waals surface area contributed by atoms with Crippen molar-refractivity contribution in [3.05, 3.63) is 11.5 Å². The molecule has 9 heavy (non-hydrogen) atoms. The summed E-state index contributed by atoms with van der Waals surface area (Å²) in [5, 5.41) is 17.3. The van der Waals surface area contributed by atoms with Crippen molar-refractivity contribution in [2.24, 2.45) is 5.73 Å². The van der Waals surface area contributed by atoms with Crippen LogP contribution in [0.5, 0.6) is 0 Å². The first-order chi connectivity index (χ1) is 4.24. The second-order valence-electron chi connectivity index (χ2n) is 1.56. The van der Waals surface area contributed by atoms with Crippen LogP contribution in [-0.2, 0) is 4.84 Å². The Labute approximate surface area is 51.4 Å². The molecule has 0 amide bonds. The first kappa shape index (κ1) is 5.88. The Bertz CT molecular complexity index is 192. The molecule has 0 aromatic carbocycles. The van der Waals surface area contributed by atoms with Gasteiger partial charge in [0, 0.05) is 0 Å². The third-order valence-electron chi connectivity index (χ3n) is 0.929. The zero-order chi connectivity index (χ0) is 6.85. The Balaban J connectivity index is 2.73. The van der Waals surface area contributed by atoms with Gasteiger partial charge in [-0.05, 0) is 5.23 Å². The van der Waals surface area contributed by atoms with Gasteiger partial charge in [-0.2, -0.15) is 5.26 Å². The van der Waals surface area contributed by atoms with E-state index in [1.165, 1.54) is 0 Å². The average molecular weight is 127 g/mol. The molecule has 0 bridgehead atoms. The maximum atomic E-state index is 8.54. The van der Waals surface area contributed by atoms with E-state index in [0.29, 0.717) is 5.23 Å². The number of nitrogens with zero attached hydrogens (tertiary/aromatic N) is 2. The van der Waals surface area contributed by atoms with Crippen LogP contribution in [0.4, 0.5) is 0 Å². The standard InChI is InChI=1S/C4H5N3O2/c5-1-3-2-7(8)9-4(3)6/h8H,2,6H2. The molecule has 5 heteroatoms. The van der Waals surface area contributed by atoms with E-state index in [1.807, 2.05) is 0 Å². The van der Waals surface area contributed by atoms with Crippen molar-refractivity contribution in [3.8, 4) is 6.07 Å². The van der Waals surface area contributed by atoms with Gasteiger partial charge in [-0.15, -0.1) is 0 Å². The molecule has 0 radical (unpaired) electrons. The monoisotopic (exact) mass is 127 g/mol. The molecule has 0 saturated heterocycles. The van der Waals surface area contributed by atoms with Crippen LogP contribution >= 0.6 is 0 Å². The van der Waals surface area contributed by atoms with E-state index in [2.05, 4.69) is 4.84 Å². The van der Waals surface area contributed by atoms with E-state index in [9.17, 15) is 0 Å². The van der Waals surface area contributed by atoms with Gasteiger partial charge in [0.05, 0.1) is 0 Å². The Morgan fingerprint density at radius 3 is 2.78 bits per heavy atom. The minimum absolute atomic E-state index is 0.0278. The van der Waals surface area contributed by atoms with Crippen LogP contribution < -0.4 is 5.73 Å². The van der Waals surface area contributed by atoms with Gasteiger partial charge in [0.2, 0.25) is 5.88 Å². The molecule has 0 saturated carbocycles. The zero-order valence-corrected chi connectivity index (χ0v) is 4.53. The summed E-state index contributed by atoms with van der Waals surface area (Å²) in [6.45, 7) is 0.0440. The van der Waals surface area contributed by atoms with Crippen LogP contribution in [0.3, 0.4) is 0 Å². The molecule has 3 N–H and O–H groups in total. The Morgan fingerprint density at radius 2 is 2.56 bits per heavy atom. The van der Waals surface area contributed by atoms with Gasteiger partial charge in [0.25, 0.3) is 0 Å². The first-order valence-electron chi connectivity index (χ1n) is 2.27. The van der Waals surface area contributed by atoms with Gasteiger partial charge in [-0.1, -0.05) is 0 Å². The van der Waals surface area contributed by atoms with Gasteiger partial charge >= 0.3 is 0 Å². The fraction of sp³-hybridized carbons (Fsp3) is 0.250. The molecular weight excluding hydrogens is 122 g/mol. The lowest BCUT2D eigenvalue weighted by molar-refractivity contribution is -0.299. The fourth-order valence-electron chi connectivity index (χ4n) is 0.505. The van der Waals surface area contributed by atoms with Gasteiger partial charge < -0.3 is 10.6 Å². The third-order valence-corrected chi connectivity index (χ3v) is 0.929. The number of hydrogen-bond donors (Lipinski definition) is 2. The van der Waals surface area contributed by atoms with Crippen molar-refractivity contribution in [1.82, 2.24) is 5.23 Å². The summed E-state index contributed by atoms with van der Waals surface area (Å²) in [5.41, 5.74) is 5.36. The summed E-state index contributed by atoms with van der Waals surface area (Å²) in [6, 6.07) is 1.77. The number of nitrogens with two attached hydrogens (primary N) is 1. The van der Waals surface area contributed by atoms with Crippen LogP contribution in [0.25, 0.3) is 0 Å². The molecule has 5 nitrogen and oxygen atoms in total. The molecule has 0 atom stereocenters. The van der Waals surface area contributed by atoms with Crippen LogP contribution in [-0.4, -0.2) is 17.0 Å². The average Bonchev–Trinajstić information content (AvgIpc) is 2.10. The molecule has 0 unspecified atom stereocenters. The molecule has 1 heterocycles. The molecular formula is C4H5N3O2. The van der Waals surface area contributed by atoms with Crippen molar-refractivity contribution in [1.29, 1.82) is 5.26 Å². The lowest BCUT2D eigenvalue weighted by Crippen LogP contribution is -2.14.